The monoisotopic (exact) mass is 811 g/mol. The van der Waals surface area contributed by atoms with E-state index in [1.807, 2.05) is 4.90 Å². The van der Waals surface area contributed by atoms with Gasteiger partial charge in [0.1, 0.15) is 12.1 Å². The molecule has 4 N–H and O–H groups in total. The molecule has 0 radical (unpaired) electrons. The zero-order chi connectivity index (χ0) is 42.5. The first kappa shape index (κ1) is 53.1. The molecule has 58 heavy (non-hydrogen) atoms. The maximum Gasteiger partial charge on any atom is 0.253 e. The minimum atomic E-state index is -0.856. The summed E-state index contributed by atoms with van der Waals surface area (Å²) >= 11 is 0. The van der Waals surface area contributed by atoms with Crippen LogP contribution in [0.4, 0.5) is 0 Å². The maximum atomic E-state index is 13.8. The average molecular weight is 811 g/mol. The second-order valence-corrected chi connectivity index (χ2v) is 17.3. The minimum absolute atomic E-state index is 0.0158. The van der Waals surface area contributed by atoms with Crippen molar-refractivity contribution < 1.29 is 19.2 Å². The largest absolute Gasteiger partial charge is 0.368 e. The summed E-state index contributed by atoms with van der Waals surface area (Å²) in [5.41, 5.74) is 6.17. The van der Waals surface area contributed by atoms with Gasteiger partial charge in [-0.25, -0.2) is 0 Å². The quantitative estimate of drug-likeness (QED) is 0.0571. The molecule has 0 saturated heterocycles. The highest BCUT2D eigenvalue weighted by molar-refractivity contribution is 6.00. The molecule has 0 fully saturated rings. The lowest BCUT2D eigenvalue weighted by Gasteiger charge is -2.23. The topological polar surface area (TPSA) is 122 Å². The van der Waals surface area contributed by atoms with Gasteiger partial charge in [-0.2, -0.15) is 0 Å². The summed E-state index contributed by atoms with van der Waals surface area (Å²) < 4.78 is 0. The van der Waals surface area contributed by atoms with Gasteiger partial charge in [-0.1, -0.05) is 206 Å². The zero-order valence-corrected chi connectivity index (χ0v) is 38.2. The second-order valence-electron chi connectivity index (χ2n) is 17.3. The minimum Gasteiger partial charge on any atom is -0.368 e. The van der Waals surface area contributed by atoms with Gasteiger partial charge in [-0.15, -0.1) is 0 Å². The molecule has 0 spiro atoms. The first-order valence-corrected chi connectivity index (χ1v) is 24.5. The van der Waals surface area contributed by atoms with Crippen LogP contribution in [0.1, 0.15) is 254 Å². The van der Waals surface area contributed by atoms with Crippen LogP contribution in [0.15, 0.2) is 24.3 Å². The van der Waals surface area contributed by atoms with Gasteiger partial charge in [0.15, 0.2) is 0 Å². The molecule has 8 nitrogen and oxygen atoms in total. The van der Waals surface area contributed by atoms with Crippen LogP contribution in [0.5, 0.6) is 0 Å². The highest BCUT2D eigenvalue weighted by Gasteiger charge is 2.21. The maximum absolute atomic E-state index is 13.8. The van der Waals surface area contributed by atoms with Gasteiger partial charge in [-0.05, 0) is 51.0 Å². The Morgan fingerprint density at radius 1 is 0.448 bits per heavy atom. The van der Waals surface area contributed by atoms with E-state index in [2.05, 4.69) is 24.5 Å². The number of nitrogens with zero attached hydrogens (tertiary/aromatic N) is 1. The number of carbonyl (C=O) groups is 4. The van der Waals surface area contributed by atoms with Crippen molar-refractivity contribution in [3.63, 3.8) is 0 Å². The van der Waals surface area contributed by atoms with Crippen LogP contribution in [-0.4, -0.2) is 53.7 Å². The van der Waals surface area contributed by atoms with Crippen molar-refractivity contribution >= 4 is 23.6 Å². The fourth-order valence-corrected chi connectivity index (χ4v) is 7.72. The Hall–Kier alpha value is -2.90. The van der Waals surface area contributed by atoms with Crippen LogP contribution in [0.25, 0.3) is 0 Å². The van der Waals surface area contributed by atoms with Crippen LogP contribution >= 0.6 is 0 Å². The Kier molecular flexibility index (Phi) is 34.0. The van der Waals surface area contributed by atoms with E-state index in [1.165, 1.54) is 187 Å². The van der Waals surface area contributed by atoms with Crippen molar-refractivity contribution in [3.05, 3.63) is 35.4 Å². The van der Waals surface area contributed by atoms with Gasteiger partial charge in [-0.3, -0.25) is 19.2 Å². The number of hydrogen-bond acceptors (Lipinski definition) is 4. The summed E-state index contributed by atoms with van der Waals surface area (Å²) in [5, 5.41) is 5.15. The first-order valence-electron chi connectivity index (χ1n) is 24.5. The number of nitrogens with one attached hydrogen (secondary N) is 2. The highest BCUT2D eigenvalue weighted by Crippen LogP contribution is 2.17. The van der Waals surface area contributed by atoms with E-state index in [9.17, 15) is 19.2 Å². The molecular weight excluding hydrogens is 721 g/mol. The second kappa shape index (κ2) is 37.1. The van der Waals surface area contributed by atoms with Gasteiger partial charge in [0.05, 0.1) is 0 Å². The van der Waals surface area contributed by atoms with Crippen molar-refractivity contribution in [2.24, 2.45) is 5.73 Å². The molecule has 0 aliphatic heterocycles. The van der Waals surface area contributed by atoms with Crippen molar-refractivity contribution in [2.45, 2.75) is 245 Å². The van der Waals surface area contributed by atoms with Crippen LogP contribution < -0.4 is 16.4 Å². The Morgan fingerprint density at radius 2 is 0.741 bits per heavy atom. The number of benzene rings is 1. The molecule has 0 aliphatic carbocycles. The predicted molar refractivity (Wildman–Crippen MR) is 245 cm³/mol. The van der Waals surface area contributed by atoms with Gasteiger partial charge in [0.25, 0.3) is 11.8 Å². The third kappa shape index (κ3) is 28.5. The number of primary amides is 1. The van der Waals surface area contributed by atoms with Crippen LogP contribution in [0, 0.1) is 0 Å². The first-order chi connectivity index (χ1) is 28.2. The Morgan fingerprint density at radius 3 is 1.05 bits per heavy atom. The highest BCUT2D eigenvalue weighted by atomic mass is 16.2. The van der Waals surface area contributed by atoms with Gasteiger partial charge in [0.2, 0.25) is 11.8 Å². The van der Waals surface area contributed by atoms with Crippen molar-refractivity contribution in [1.82, 2.24) is 15.5 Å². The van der Waals surface area contributed by atoms with E-state index in [0.717, 1.165) is 38.8 Å². The number of rotatable bonds is 40. The van der Waals surface area contributed by atoms with Gasteiger partial charge >= 0.3 is 0 Å². The molecule has 0 saturated carbocycles. The Balaban J connectivity index is 2.48. The average Bonchev–Trinajstić information content (AvgIpc) is 3.22. The molecule has 0 bridgehead atoms. The van der Waals surface area contributed by atoms with E-state index < -0.39 is 29.8 Å². The smallest absolute Gasteiger partial charge is 0.253 e. The Labute approximate surface area is 356 Å². The molecule has 4 amide bonds. The lowest BCUT2D eigenvalue weighted by molar-refractivity contribution is -0.127. The van der Waals surface area contributed by atoms with Crippen LogP contribution in [0.2, 0.25) is 0 Å². The van der Waals surface area contributed by atoms with E-state index >= 15 is 0 Å². The Bertz CT molecular complexity index is 1140. The molecular formula is C50H90N4O4. The van der Waals surface area contributed by atoms with Crippen molar-refractivity contribution in [1.29, 1.82) is 0 Å². The summed E-state index contributed by atoms with van der Waals surface area (Å²) in [7, 11) is 0. The standard InChI is InChI=1S/C50H90N4O4/c1-5-7-9-11-13-15-17-19-21-23-25-27-29-31-33-35-41-54(42-36-34-32-30-28-26-24-22-20-18-16-14-12-10-8-6-2)50(58)46-39-37-45(38-40-46)49(57)53-44(4)48(56)52-43(3)47(51)55/h37-40,43-44H,5-36,41-42H2,1-4H3,(H2,51,55)(H,52,56)(H,53,57)/t43-,44-/m0/s1. The third-order valence-corrected chi connectivity index (χ3v) is 11.8. The molecule has 0 unspecified atom stereocenters. The number of hydrogen-bond donors (Lipinski definition) is 3. The van der Waals surface area contributed by atoms with Gasteiger partial charge in [0, 0.05) is 24.2 Å². The molecule has 1 aromatic rings. The zero-order valence-electron chi connectivity index (χ0n) is 38.2. The fourth-order valence-electron chi connectivity index (χ4n) is 7.72. The molecule has 1 aromatic carbocycles. The van der Waals surface area contributed by atoms with Crippen LogP contribution in [-0.2, 0) is 9.59 Å². The SMILES string of the molecule is CCCCCCCCCCCCCCCCCCN(CCCCCCCCCCCCCCCCCC)C(=O)c1ccc(C(=O)N[C@@H](C)C(=O)N[C@@H](C)C(N)=O)cc1. The normalized spacial score (nSPS) is 12.3. The van der Waals surface area contributed by atoms with E-state index in [1.54, 1.807) is 31.2 Å². The van der Waals surface area contributed by atoms with Gasteiger partial charge < -0.3 is 21.3 Å². The molecule has 0 aliphatic rings. The third-order valence-electron chi connectivity index (χ3n) is 11.8. The van der Waals surface area contributed by atoms with Crippen molar-refractivity contribution in [2.75, 3.05) is 13.1 Å². The number of carbonyl (C=O) groups excluding carboxylic acids is 4. The number of amides is 4. The number of nitrogens with two attached hydrogens (primary N) is 1. The summed E-state index contributed by atoms with van der Waals surface area (Å²) in [6.07, 6.45) is 42.4. The molecule has 1 rings (SSSR count). The summed E-state index contributed by atoms with van der Waals surface area (Å²) in [6, 6.07) is 5.02. The van der Waals surface area contributed by atoms with Crippen molar-refractivity contribution in [3.8, 4) is 0 Å². The molecule has 2 atom stereocenters. The summed E-state index contributed by atoms with van der Waals surface area (Å²) in [4.78, 5) is 52.3. The summed E-state index contributed by atoms with van der Waals surface area (Å²) in [6.45, 7) is 9.12. The predicted octanol–water partition coefficient (Wildman–Crippen LogP) is 12.8. The lowest BCUT2D eigenvalue weighted by atomic mass is 10.0. The summed E-state index contributed by atoms with van der Waals surface area (Å²) in [5.74, 6) is -1.55. The molecule has 334 valence electrons. The molecule has 0 heterocycles. The van der Waals surface area contributed by atoms with E-state index in [-0.39, 0.29) is 5.91 Å². The van der Waals surface area contributed by atoms with Crippen LogP contribution in [0.3, 0.4) is 0 Å². The molecule has 0 aromatic heterocycles. The number of unbranched alkanes of at least 4 members (excludes halogenated alkanes) is 30. The van der Waals surface area contributed by atoms with E-state index in [0.29, 0.717) is 11.1 Å². The molecule has 8 heteroatoms. The fraction of sp³-hybridized carbons (Fsp3) is 0.800. The lowest BCUT2D eigenvalue weighted by Crippen LogP contribution is -2.50. The van der Waals surface area contributed by atoms with E-state index in [4.69, 9.17) is 5.73 Å².